The average Bonchev–Trinajstić information content (AvgIpc) is 3.55. The van der Waals surface area contributed by atoms with E-state index in [1.807, 2.05) is 0 Å². The second kappa shape index (κ2) is 14.1. The highest BCUT2D eigenvalue weighted by molar-refractivity contribution is 6.11. The fourth-order valence-corrected chi connectivity index (χ4v) is 7.71. The summed E-state index contributed by atoms with van der Waals surface area (Å²) < 4.78 is 2.43. The van der Waals surface area contributed by atoms with E-state index in [4.69, 9.17) is 0 Å². The topological polar surface area (TPSA) is 4.93 Å². The second-order valence-electron chi connectivity index (χ2n) is 13.7. The molecule has 0 bridgehead atoms. The lowest BCUT2D eigenvalue weighted by molar-refractivity contribution is 1.07. The maximum atomic E-state index is 2.43. The Kier molecular flexibility index (Phi) is 8.52. The number of para-hydroxylation sites is 1. The Balaban J connectivity index is 1.09. The molecule has 0 unspecified atom stereocenters. The first-order valence-corrected chi connectivity index (χ1v) is 18.3. The summed E-state index contributed by atoms with van der Waals surface area (Å²) in [6, 6.07) is 66.0. The fraction of sp³-hybridized carbons (Fsp3) is 0.0588. The summed E-state index contributed by atoms with van der Waals surface area (Å²) in [6.45, 7) is 0. The van der Waals surface area contributed by atoms with E-state index >= 15 is 0 Å². The SMILES string of the molecule is C1=C(c2ccc(-c3ccccc3)cc2)CCC(c2ccc3c(c2)c2ccc(/C=C(\Cc4ccccc4)c4ccccc4)cc2n3-c2ccccc2)=C1. The maximum Gasteiger partial charge on any atom is 0.0547 e. The first kappa shape index (κ1) is 31.5. The first-order valence-electron chi connectivity index (χ1n) is 18.3. The predicted molar refractivity (Wildman–Crippen MR) is 222 cm³/mol. The minimum absolute atomic E-state index is 0.873. The lowest BCUT2D eigenvalue weighted by Crippen LogP contribution is -1.95. The zero-order valence-corrected chi connectivity index (χ0v) is 29.1. The Labute approximate surface area is 306 Å². The van der Waals surface area contributed by atoms with Crippen LogP contribution in [-0.4, -0.2) is 4.57 Å². The third-order valence-corrected chi connectivity index (χ3v) is 10.4. The Bertz CT molecular complexity index is 2590. The van der Waals surface area contributed by atoms with Crippen molar-refractivity contribution in [2.75, 3.05) is 0 Å². The Morgan fingerprint density at radius 3 is 1.73 bits per heavy atom. The molecule has 0 amide bonds. The molecule has 1 heterocycles. The van der Waals surface area contributed by atoms with Gasteiger partial charge in [0.2, 0.25) is 0 Å². The molecule has 0 atom stereocenters. The number of hydrogen-bond donors (Lipinski definition) is 0. The molecule has 0 spiro atoms. The van der Waals surface area contributed by atoms with E-state index in [1.165, 1.54) is 83.2 Å². The number of allylic oxidation sites excluding steroid dienone is 5. The van der Waals surface area contributed by atoms with Gasteiger partial charge in [-0.1, -0.05) is 170 Å². The summed E-state index contributed by atoms with van der Waals surface area (Å²) in [7, 11) is 0. The molecule has 248 valence electrons. The van der Waals surface area contributed by atoms with Crippen molar-refractivity contribution in [1.82, 2.24) is 4.57 Å². The Hall–Kier alpha value is -6.44. The molecule has 9 rings (SSSR count). The van der Waals surface area contributed by atoms with Crippen LogP contribution in [0.1, 0.15) is 40.7 Å². The number of aromatic nitrogens is 1. The number of rotatable bonds is 8. The smallest absolute Gasteiger partial charge is 0.0547 e. The van der Waals surface area contributed by atoms with Crippen molar-refractivity contribution < 1.29 is 0 Å². The molecule has 52 heavy (non-hydrogen) atoms. The summed E-state index contributed by atoms with van der Waals surface area (Å²) in [4.78, 5) is 0. The van der Waals surface area contributed by atoms with Crippen molar-refractivity contribution in [3.8, 4) is 16.8 Å². The molecule has 0 saturated carbocycles. The van der Waals surface area contributed by atoms with Gasteiger partial charge in [-0.05, 0) is 105 Å². The zero-order valence-electron chi connectivity index (χ0n) is 29.1. The molecule has 1 aliphatic rings. The van der Waals surface area contributed by atoms with Crippen LogP contribution in [0.25, 0.3) is 61.4 Å². The quantitative estimate of drug-likeness (QED) is 0.142. The van der Waals surface area contributed by atoms with Gasteiger partial charge in [0.15, 0.2) is 0 Å². The molecule has 0 radical (unpaired) electrons. The van der Waals surface area contributed by atoms with E-state index in [0.29, 0.717) is 0 Å². The third-order valence-electron chi connectivity index (χ3n) is 10.4. The van der Waals surface area contributed by atoms with Crippen molar-refractivity contribution in [2.24, 2.45) is 0 Å². The van der Waals surface area contributed by atoms with Crippen LogP contribution in [0.2, 0.25) is 0 Å². The van der Waals surface area contributed by atoms with Gasteiger partial charge in [0.05, 0.1) is 11.0 Å². The van der Waals surface area contributed by atoms with Gasteiger partial charge < -0.3 is 4.57 Å². The van der Waals surface area contributed by atoms with Crippen LogP contribution in [0.4, 0.5) is 0 Å². The molecule has 1 heteroatoms. The van der Waals surface area contributed by atoms with Crippen molar-refractivity contribution in [2.45, 2.75) is 19.3 Å². The summed E-state index contributed by atoms with van der Waals surface area (Å²) in [5.41, 5.74) is 16.6. The lowest BCUT2D eigenvalue weighted by atomic mass is 9.89. The van der Waals surface area contributed by atoms with E-state index in [9.17, 15) is 0 Å². The average molecular weight is 666 g/mol. The highest BCUT2D eigenvalue weighted by atomic mass is 15.0. The van der Waals surface area contributed by atoms with Gasteiger partial charge in [0.25, 0.3) is 0 Å². The van der Waals surface area contributed by atoms with Crippen LogP contribution in [0.3, 0.4) is 0 Å². The third kappa shape index (κ3) is 6.34. The summed E-state index contributed by atoms with van der Waals surface area (Å²) in [6.07, 6.45) is 9.95. The van der Waals surface area contributed by atoms with E-state index in [-0.39, 0.29) is 0 Å². The minimum atomic E-state index is 0.873. The van der Waals surface area contributed by atoms with Crippen molar-refractivity contribution >= 4 is 44.6 Å². The van der Waals surface area contributed by atoms with Gasteiger partial charge in [-0.25, -0.2) is 0 Å². The van der Waals surface area contributed by atoms with Gasteiger partial charge in [-0.2, -0.15) is 0 Å². The molecule has 0 fully saturated rings. The number of nitrogens with zero attached hydrogens (tertiary/aromatic N) is 1. The van der Waals surface area contributed by atoms with Crippen LogP contribution in [0.5, 0.6) is 0 Å². The lowest BCUT2D eigenvalue weighted by Gasteiger charge is -2.16. The molecule has 0 aliphatic heterocycles. The summed E-state index contributed by atoms with van der Waals surface area (Å²) in [5.74, 6) is 0. The van der Waals surface area contributed by atoms with Crippen LogP contribution in [0, 0.1) is 0 Å². The molecule has 0 saturated heterocycles. The Morgan fingerprint density at radius 2 is 1.04 bits per heavy atom. The maximum absolute atomic E-state index is 2.43. The van der Waals surface area contributed by atoms with Crippen LogP contribution < -0.4 is 0 Å². The molecule has 1 aliphatic carbocycles. The zero-order chi connectivity index (χ0) is 34.7. The van der Waals surface area contributed by atoms with E-state index < -0.39 is 0 Å². The van der Waals surface area contributed by atoms with Gasteiger partial charge in [0, 0.05) is 16.5 Å². The molecular formula is C51H39N. The monoisotopic (exact) mass is 665 g/mol. The van der Waals surface area contributed by atoms with Crippen LogP contribution in [-0.2, 0) is 6.42 Å². The van der Waals surface area contributed by atoms with E-state index in [1.54, 1.807) is 0 Å². The number of fused-ring (bicyclic) bond motifs is 3. The molecule has 1 aromatic heterocycles. The van der Waals surface area contributed by atoms with Gasteiger partial charge in [-0.15, -0.1) is 0 Å². The van der Waals surface area contributed by atoms with Gasteiger partial charge in [0.1, 0.15) is 0 Å². The Morgan fingerprint density at radius 1 is 0.462 bits per heavy atom. The molecule has 0 N–H and O–H groups in total. The summed E-state index contributed by atoms with van der Waals surface area (Å²) >= 11 is 0. The van der Waals surface area contributed by atoms with E-state index in [2.05, 4.69) is 205 Å². The van der Waals surface area contributed by atoms with Gasteiger partial charge in [-0.3, -0.25) is 0 Å². The highest BCUT2D eigenvalue weighted by Crippen LogP contribution is 2.38. The molecule has 7 aromatic carbocycles. The largest absolute Gasteiger partial charge is 0.309 e. The molecule has 8 aromatic rings. The van der Waals surface area contributed by atoms with Crippen LogP contribution in [0.15, 0.2) is 194 Å². The van der Waals surface area contributed by atoms with Crippen LogP contribution >= 0.6 is 0 Å². The number of hydrogen-bond acceptors (Lipinski definition) is 0. The molecular weight excluding hydrogens is 627 g/mol. The highest BCUT2D eigenvalue weighted by Gasteiger charge is 2.16. The summed E-state index contributed by atoms with van der Waals surface area (Å²) in [5, 5.41) is 2.56. The van der Waals surface area contributed by atoms with Crippen molar-refractivity contribution in [3.63, 3.8) is 0 Å². The molecule has 1 nitrogen and oxygen atoms in total. The number of benzene rings is 7. The standard InChI is InChI=1S/C51H39N/c1-5-13-37(14-6-1)33-46(40-17-9-3-10-18-40)34-38-21-31-48-49-36-45(30-32-50(49)52(51(48)35-38)47-19-11-4-12-20-47)44-28-26-43(27-29-44)42-24-22-41(23-25-42)39-15-7-2-8-16-39/h1-26,28,30-32,34-36H,27,29,33H2/b46-34+. The normalized spacial score (nSPS) is 13.3. The van der Waals surface area contributed by atoms with Crippen molar-refractivity contribution in [1.29, 1.82) is 0 Å². The first-order chi connectivity index (χ1) is 25.8. The van der Waals surface area contributed by atoms with E-state index in [0.717, 1.165) is 19.3 Å². The fourth-order valence-electron chi connectivity index (χ4n) is 7.71. The minimum Gasteiger partial charge on any atom is -0.309 e. The van der Waals surface area contributed by atoms with Crippen molar-refractivity contribution in [3.05, 3.63) is 222 Å². The predicted octanol–water partition coefficient (Wildman–Crippen LogP) is 13.5. The second-order valence-corrected chi connectivity index (χ2v) is 13.7. The van der Waals surface area contributed by atoms with Gasteiger partial charge >= 0.3 is 0 Å².